The van der Waals surface area contributed by atoms with E-state index in [0.29, 0.717) is 42.6 Å². The number of nitrogens with zero attached hydrogens (tertiary/aromatic N) is 5. The summed E-state index contributed by atoms with van der Waals surface area (Å²) in [7, 11) is 1.65. The van der Waals surface area contributed by atoms with Crippen LogP contribution in [-0.2, 0) is 9.59 Å². The van der Waals surface area contributed by atoms with E-state index in [1.165, 1.54) is 22.8 Å². The molecule has 0 unspecified atom stereocenters. The van der Waals surface area contributed by atoms with E-state index >= 15 is 0 Å². The van der Waals surface area contributed by atoms with Gasteiger partial charge in [0.05, 0.1) is 12.8 Å². The van der Waals surface area contributed by atoms with Gasteiger partial charge in [0.25, 0.3) is 0 Å². The van der Waals surface area contributed by atoms with Gasteiger partial charge in [-0.1, -0.05) is 19.9 Å². The van der Waals surface area contributed by atoms with Crippen LogP contribution in [0, 0.1) is 0 Å². The fourth-order valence-electron chi connectivity index (χ4n) is 6.29. The van der Waals surface area contributed by atoms with E-state index < -0.39 is 0 Å². The number of aromatic nitrogens is 4. The van der Waals surface area contributed by atoms with Crippen molar-refractivity contribution in [2.75, 3.05) is 33.3 Å². The lowest BCUT2D eigenvalue weighted by atomic mass is 9.87. The minimum atomic E-state index is 0.167. The van der Waals surface area contributed by atoms with Gasteiger partial charge in [-0.3, -0.25) is 9.59 Å². The Kier molecular flexibility index (Phi) is 6.74. The number of piperidine rings is 1. The van der Waals surface area contributed by atoms with Crippen molar-refractivity contribution < 1.29 is 14.3 Å². The number of hydrogen-bond donors (Lipinski definition) is 1. The predicted molar refractivity (Wildman–Crippen MR) is 150 cm³/mol. The molecule has 9 heteroatoms. The second-order valence-electron chi connectivity index (χ2n) is 11.1. The average molecular weight is 529 g/mol. The van der Waals surface area contributed by atoms with E-state index in [9.17, 15) is 9.59 Å². The summed E-state index contributed by atoms with van der Waals surface area (Å²) in [5.41, 5.74) is 6.49. The number of pyridine rings is 1. The van der Waals surface area contributed by atoms with Gasteiger partial charge in [-0.2, -0.15) is 5.10 Å². The Morgan fingerprint density at radius 3 is 2.72 bits per heavy atom. The molecule has 2 amide bonds. The number of fused-ring (bicyclic) bond motifs is 2. The van der Waals surface area contributed by atoms with Crippen LogP contribution in [-0.4, -0.2) is 74.5 Å². The molecule has 3 aromatic heterocycles. The lowest BCUT2D eigenvalue weighted by Gasteiger charge is -2.33. The number of carbonyl (C=O) groups excluding carboxylic acids is 2. The minimum absolute atomic E-state index is 0.167. The molecular formula is C30H36N6O3. The third-order valence-electron chi connectivity index (χ3n) is 8.38. The van der Waals surface area contributed by atoms with E-state index in [1.807, 2.05) is 22.1 Å². The number of ether oxygens (including phenoxy) is 1. The summed E-state index contributed by atoms with van der Waals surface area (Å²) in [5.74, 6) is 1.77. The van der Waals surface area contributed by atoms with Gasteiger partial charge in [0.2, 0.25) is 11.8 Å². The Hall–Kier alpha value is -3.88. The van der Waals surface area contributed by atoms with Crippen LogP contribution in [0.15, 0.2) is 36.8 Å². The number of methoxy groups -OCH3 is 1. The van der Waals surface area contributed by atoms with Crippen LogP contribution in [0.4, 0.5) is 0 Å². The van der Waals surface area contributed by atoms with Crippen molar-refractivity contribution in [1.82, 2.24) is 29.4 Å². The number of H-pyrrole nitrogens is 1. The molecule has 1 N–H and O–H groups in total. The van der Waals surface area contributed by atoms with Gasteiger partial charge in [-0.15, -0.1) is 0 Å². The molecule has 2 aliphatic rings. The van der Waals surface area contributed by atoms with Crippen LogP contribution in [0.2, 0.25) is 0 Å². The Morgan fingerprint density at radius 2 is 2.00 bits per heavy atom. The van der Waals surface area contributed by atoms with Gasteiger partial charge >= 0.3 is 0 Å². The number of rotatable bonds is 7. The van der Waals surface area contributed by atoms with Gasteiger partial charge in [0.1, 0.15) is 6.33 Å². The number of nitrogens with one attached hydrogen (secondary N) is 1. The van der Waals surface area contributed by atoms with Crippen LogP contribution < -0.4 is 4.74 Å². The second-order valence-corrected chi connectivity index (χ2v) is 11.1. The first kappa shape index (κ1) is 25.4. The molecule has 39 heavy (non-hydrogen) atoms. The summed E-state index contributed by atoms with van der Waals surface area (Å²) in [6.45, 7) is 7.33. The summed E-state index contributed by atoms with van der Waals surface area (Å²) >= 11 is 0. The summed E-state index contributed by atoms with van der Waals surface area (Å²) in [6.07, 6.45) is 7.40. The van der Waals surface area contributed by atoms with Crippen molar-refractivity contribution in [1.29, 1.82) is 0 Å². The highest BCUT2D eigenvalue weighted by Crippen LogP contribution is 2.39. The van der Waals surface area contributed by atoms with Crippen molar-refractivity contribution >= 4 is 28.4 Å². The number of amides is 2. The molecule has 9 nitrogen and oxygen atoms in total. The van der Waals surface area contributed by atoms with Gasteiger partial charge < -0.3 is 19.5 Å². The fourth-order valence-corrected chi connectivity index (χ4v) is 6.29. The lowest BCUT2D eigenvalue weighted by Crippen LogP contribution is -2.39. The summed E-state index contributed by atoms with van der Waals surface area (Å²) < 4.78 is 7.37. The number of hydrogen-bond acceptors (Lipinski definition) is 5. The molecular weight excluding hydrogens is 492 g/mol. The molecule has 6 rings (SSSR count). The predicted octanol–water partition coefficient (Wildman–Crippen LogP) is 4.73. The third kappa shape index (κ3) is 4.75. The molecule has 0 bridgehead atoms. The molecule has 5 heterocycles. The van der Waals surface area contributed by atoms with E-state index in [1.54, 1.807) is 11.6 Å². The molecule has 1 aromatic carbocycles. The Bertz CT molecular complexity index is 1530. The topological polar surface area (TPSA) is 95.8 Å². The first-order valence-electron chi connectivity index (χ1n) is 14.0. The monoisotopic (exact) mass is 528 g/mol. The van der Waals surface area contributed by atoms with E-state index in [4.69, 9.17) is 4.74 Å². The van der Waals surface area contributed by atoms with E-state index in [2.05, 4.69) is 47.1 Å². The molecule has 2 saturated heterocycles. The molecule has 2 aliphatic heterocycles. The zero-order valence-electron chi connectivity index (χ0n) is 22.9. The van der Waals surface area contributed by atoms with Gasteiger partial charge in [0, 0.05) is 61.7 Å². The summed E-state index contributed by atoms with van der Waals surface area (Å²) in [4.78, 5) is 36.5. The van der Waals surface area contributed by atoms with Crippen LogP contribution in [0.25, 0.3) is 27.8 Å². The summed E-state index contributed by atoms with van der Waals surface area (Å²) in [6, 6.07) is 8.79. The van der Waals surface area contributed by atoms with Crippen molar-refractivity contribution in [2.45, 2.75) is 57.8 Å². The maximum Gasteiger partial charge on any atom is 0.224 e. The third-order valence-corrected chi connectivity index (χ3v) is 8.38. The highest BCUT2D eigenvalue weighted by Gasteiger charge is 2.27. The highest BCUT2D eigenvalue weighted by atomic mass is 16.5. The average Bonchev–Trinajstić information content (AvgIpc) is 3.68. The maximum absolute atomic E-state index is 12.8. The van der Waals surface area contributed by atoms with Crippen molar-refractivity contribution in [3.63, 3.8) is 0 Å². The first-order chi connectivity index (χ1) is 18.9. The van der Waals surface area contributed by atoms with Crippen LogP contribution in [0.1, 0.15) is 68.9 Å². The summed E-state index contributed by atoms with van der Waals surface area (Å²) in [5, 5.41) is 5.58. The molecule has 0 saturated carbocycles. The minimum Gasteiger partial charge on any atom is -0.493 e. The zero-order chi connectivity index (χ0) is 27.1. The number of aromatic amines is 1. The van der Waals surface area contributed by atoms with Crippen LogP contribution in [0.5, 0.6) is 5.75 Å². The Labute approximate surface area is 228 Å². The largest absolute Gasteiger partial charge is 0.493 e. The fraction of sp³-hybridized carbons (Fsp3) is 0.467. The molecule has 0 spiro atoms. The van der Waals surface area contributed by atoms with Gasteiger partial charge in [-0.25, -0.2) is 9.50 Å². The number of benzene rings is 1. The zero-order valence-corrected chi connectivity index (χ0v) is 22.9. The van der Waals surface area contributed by atoms with Crippen LogP contribution in [0.3, 0.4) is 0 Å². The van der Waals surface area contributed by atoms with E-state index in [-0.39, 0.29) is 11.8 Å². The maximum atomic E-state index is 12.8. The smallest absolute Gasteiger partial charge is 0.224 e. The van der Waals surface area contributed by atoms with Gasteiger partial charge in [-0.05, 0) is 60.4 Å². The molecule has 2 fully saturated rings. The molecule has 204 valence electrons. The Morgan fingerprint density at radius 1 is 1.18 bits per heavy atom. The molecule has 4 aromatic rings. The molecule has 0 radical (unpaired) electrons. The van der Waals surface area contributed by atoms with Gasteiger partial charge in [0.15, 0.2) is 11.4 Å². The normalized spacial score (nSPS) is 16.8. The molecule has 0 atom stereocenters. The van der Waals surface area contributed by atoms with Crippen molar-refractivity contribution in [3.05, 3.63) is 47.9 Å². The Balaban J connectivity index is 1.21. The SMILES string of the molecule is COc1cc(-c2[nH]c3ccc(C4CCN(C(=O)CCN5CCCC5=O)CC4)cc3c2C(C)C)cn2ncnc12. The molecule has 0 aliphatic carbocycles. The van der Waals surface area contributed by atoms with E-state index in [0.717, 1.165) is 55.7 Å². The number of likely N-dealkylation sites (tertiary alicyclic amines) is 2. The number of carbonyl (C=O) groups is 2. The van der Waals surface area contributed by atoms with Crippen molar-refractivity contribution in [2.24, 2.45) is 0 Å². The second kappa shape index (κ2) is 10.4. The van der Waals surface area contributed by atoms with Crippen molar-refractivity contribution in [3.8, 4) is 17.0 Å². The lowest BCUT2D eigenvalue weighted by molar-refractivity contribution is -0.133. The highest BCUT2D eigenvalue weighted by molar-refractivity contribution is 5.92. The first-order valence-corrected chi connectivity index (χ1v) is 14.0. The standard InChI is InChI=1S/C30H36N6O3/c1-19(2)28-23-15-21(20-8-12-35(13-9-20)27(38)10-14-34-11-4-5-26(34)37)6-7-24(23)33-29(28)22-16-25(39-3)30-31-18-32-36(30)17-22/h6-7,15-20,33H,4-5,8-14H2,1-3H3. The van der Waals surface area contributed by atoms with Crippen LogP contribution >= 0.6 is 0 Å². The quantitative estimate of drug-likeness (QED) is 0.374.